The van der Waals surface area contributed by atoms with Crippen molar-refractivity contribution in [2.45, 2.75) is 38.3 Å². The van der Waals surface area contributed by atoms with Gasteiger partial charge in [0.1, 0.15) is 24.1 Å². The number of ether oxygens (including phenoxy) is 1. The average Bonchev–Trinajstić information content (AvgIpc) is 2.81. The fraction of sp³-hybridized carbons (Fsp3) is 0.360. The van der Waals surface area contributed by atoms with Gasteiger partial charge in [0, 0.05) is 24.3 Å². The average molecular weight is 560 g/mol. The number of carboxylic acids is 1. The summed E-state index contributed by atoms with van der Waals surface area (Å²) in [5.74, 6) is -1.07. The summed E-state index contributed by atoms with van der Waals surface area (Å²) in [5, 5.41) is 21.8. The van der Waals surface area contributed by atoms with Gasteiger partial charge in [-0.3, -0.25) is 24.7 Å². The van der Waals surface area contributed by atoms with Crippen molar-refractivity contribution >= 4 is 45.2 Å². The van der Waals surface area contributed by atoms with E-state index in [9.17, 15) is 14.4 Å². The molecule has 2 aromatic rings. The molecule has 1 unspecified atom stereocenters. The van der Waals surface area contributed by atoms with Crippen LogP contribution in [0, 0.1) is 5.41 Å². The summed E-state index contributed by atoms with van der Waals surface area (Å²) in [6.07, 6.45) is 1.17. The van der Waals surface area contributed by atoms with Gasteiger partial charge in [-0.2, -0.15) is 0 Å². The minimum atomic E-state index is -0.824. The van der Waals surface area contributed by atoms with Gasteiger partial charge < -0.3 is 26.2 Å². The van der Waals surface area contributed by atoms with Crippen LogP contribution in [0.1, 0.15) is 43.4 Å². The fourth-order valence-corrected chi connectivity index (χ4v) is 4.39. The lowest BCUT2D eigenvalue weighted by atomic mass is 10.1. The molecular formula is C25H30BrN5O5. The molecule has 0 radical (unpaired) electrons. The SMILES string of the molecule is CC(NC(=O)CC(=O)Nc1ccc(C(=N)N)cc1)c1ccc(OC2CCN(CC(=O)O)CC2)c(Br)c1. The first-order chi connectivity index (χ1) is 17.1. The second-order valence-electron chi connectivity index (χ2n) is 8.68. The molecule has 1 saturated heterocycles. The second-order valence-corrected chi connectivity index (χ2v) is 9.54. The highest BCUT2D eigenvalue weighted by molar-refractivity contribution is 9.10. The maximum Gasteiger partial charge on any atom is 0.317 e. The first kappa shape index (κ1) is 27.2. The third kappa shape index (κ3) is 8.06. The summed E-state index contributed by atoms with van der Waals surface area (Å²) >= 11 is 3.53. The Bertz CT molecular complexity index is 1120. The number of rotatable bonds is 10. The number of halogens is 1. The second kappa shape index (κ2) is 12.5. The molecule has 0 saturated carbocycles. The highest BCUT2D eigenvalue weighted by Gasteiger charge is 2.23. The summed E-state index contributed by atoms with van der Waals surface area (Å²) in [6.45, 7) is 3.22. The van der Waals surface area contributed by atoms with Crippen molar-refractivity contribution in [3.63, 3.8) is 0 Å². The quantitative estimate of drug-likeness (QED) is 0.170. The van der Waals surface area contributed by atoms with Gasteiger partial charge >= 0.3 is 5.97 Å². The summed E-state index contributed by atoms with van der Waals surface area (Å²) in [6, 6.07) is 11.7. The van der Waals surface area contributed by atoms with Crippen LogP contribution in [0.25, 0.3) is 0 Å². The fourth-order valence-electron chi connectivity index (χ4n) is 3.90. The van der Waals surface area contributed by atoms with Crippen LogP contribution in [-0.4, -0.2) is 59.4 Å². The number of benzene rings is 2. The molecule has 36 heavy (non-hydrogen) atoms. The predicted octanol–water partition coefficient (Wildman–Crippen LogP) is 2.87. The highest BCUT2D eigenvalue weighted by atomic mass is 79.9. The number of nitrogens with zero attached hydrogens (tertiary/aromatic N) is 1. The van der Waals surface area contributed by atoms with Gasteiger partial charge in [-0.1, -0.05) is 6.07 Å². The number of carboxylic acid groups (broad SMARTS) is 1. The van der Waals surface area contributed by atoms with E-state index in [0.717, 1.165) is 22.9 Å². The number of carbonyl (C=O) groups is 3. The highest BCUT2D eigenvalue weighted by Crippen LogP contribution is 2.30. The van der Waals surface area contributed by atoms with Gasteiger partial charge in [0.2, 0.25) is 11.8 Å². The molecule has 10 nitrogen and oxygen atoms in total. The number of anilines is 1. The largest absolute Gasteiger partial charge is 0.489 e. The maximum absolute atomic E-state index is 12.4. The lowest BCUT2D eigenvalue weighted by Gasteiger charge is -2.31. The molecule has 3 rings (SSSR count). The molecule has 1 heterocycles. The molecule has 1 fully saturated rings. The van der Waals surface area contributed by atoms with Gasteiger partial charge in [-0.05, 0) is 77.7 Å². The molecule has 192 valence electrons. The van der Waals surface area contributed by atoms with E-state index < -0.39 is 17.8 Å². The van der Waals surface area contributed by atoms with Crippen molar-refractivity contribution < 1.29 is 24.2 Å². The van der Waals surface area contributed by atoms with Crippen LogP contribution in [0.2, 0.25) is 0 Å². The maximum atomic E-state index is 12.4. The van der Waals surface area contributed by atoms with Crippen molar-refractivity contribution in [1.82, 2.24) is 10.2 Å². The minimum Gasteiger partial charge on any atom is -0.489 e. The van der Waals surface area contributed by atoms with Crippen LogP contribution in [-0.2, 0) is 14.4 Å². The number of nitrogens with two attached hydrogens (primary N) is 1. The number of piperidine rings is 1. The molecule has 6 N–H and O–H groups in total. The number of aliphatic carboxylic acids is 1. The minimum absolute atomic E-state index is 0.00602. The number of amides is 2. The van der Waals surface area contributed by atoms with E-state index in [0.29, 0.717) is 30.1 Å². The van der Waals surface area contributed by atoms with Crippen molar-refractivity contribution in [2.75, 3.05) is 25.0 Å². The molecule has 2 aromatic carbocycles. The van der Waals surface area contributed by atoms with E-state index >= 15 is 0 Å². The molecule has 0 spiro atoms. The number of nitrogens with one attached hydrogen (secondary N) is 3. The topological polar surface area (TPSA) is 158 Å². The first-order valence-corrected chi connectivity index (χ1v) is 12.3. The van der Waals surface area contributed by atoms with Crippen LogP contribution in [0.5, 0.6) is 5.75 Å². The Morgan fingerprint density at radius 1 is 1.17 bits per heavy atom. The van der Waals surface area contributed by atoms with Crippen LogP contribution in [0.3, 0.4) is 0 Å². The van der Waals surface area contributed by atoms with E-state index in [1.165, 1.54) is 0 Å². The van der Waals surface area contributed by atoms with Gasteiger partial charge in [0.15, 0.2) is 0 Å². The molecular weight excluding hydrogens is 530 g/mol. The smallest absolute Gasteiger partial charge is 0.317 e. The van der Waals surface area contributed by atoms with Gasteiger partial charge in [0.25, 0.3) is 0 Å². The van der Waals surface area contributed by atoms with Gasteiger partial charge in [-0.15, -0.1) is 0 Å². The number of nitrogen functional groups attached to an aromatic ring is 1. The standard InChI is InChI=1S/C25H30BrN5O5/c1-15(29-22(32)13-23(33)30-18-5-2-16(3-6-18)25(27)28)17-4-7-21(20(26)12-17)36-19-8-10-31(11-9-19)14-24(34)35/h2-7,12,15,19H,8-11,13-14H2,1H3,(H3,27,28)(H,29,32)(H,30,33)(H,34,35). The number of hydrogen-bond acceptors (Lipinski definition) is 6. The van der Waals surface area contributed by atoms with Crippen LogP contribution in [0.4, 0.5) is 5.69 Å². The summed E-state index contributed by atoms with van der Waals surface area (Å²) in [4.78, 5) is 37.4. The number of likely N-dealkylation sites (tertiary alicyclic amines) is 1. The van der Waals surface area contributed by atoms with E-state index in [1.54, 1.807) is 24.3 Å². The Kier molecular flexibility index (Phi) is 9.43. The van der Waals surface area contributed by atoms with E-state index in [-0.39, 0.29) is 30.9 Å². The van der Waals surface area contributed by atoms with Gasteiger partial charge in [-0.25, -0.2) is 0 Å². The first-order valence-electron chi connectivity index (χ1n) is 11.5. The third-order valence-electron chi connectivity index (χ3n) is 5.82. The van der Waals surface area contributed by atoms with E-state index in [2.05, 4.69) is 26.6 Å². The zero-order valence-electron chi connectivity index (χ0n) is 19.9. The van der Waals surface area contributed by atoms with Crippen LogP contribution in [0.15, 0.2) is 46.9 Å². The molecule has 1 atom stereocenters. The molecule has 0 aliphatic carbocycles. The monoisotopic (exact) mass is 559 g/mol. The summed E-state index contributed by atoms with van der Waals surface area (Å²) < 4.78 is 6.86. The zero-order chi connectivity index (χ0) is 26.2. The Balaban J connectivity index is 1.47. The molecule has 2 amide bonds. The van der Waals surface area contributed by atoms with Crippen LogP contribution >= 0.6 is 15.9 Å². The van der Waals surface area contributed by atoms with E-state index in [4.69, 9.17) is 21.0 Å². The molecule has 1 aliphatic heterocycles. The normalized spacial score (nSPS) is 15.1. The molecule has 11 heteroatoms. The lowest BCUT2D eigenvalue weighted by Crippen LogP contribution is -2.40. The number of amidine groups is 1. The summed E-state index contributed by atoms with van der Waals surface area (Å²) in [7, 11) is 0. The van der Waals surface area contributed by atoms with Crippen molar-refractivity contribution in [1.29, 1.82) is 5.41 Å². The zero-order valence-corrected chi connectivity index (χ0v) is 21.5. The Morgan fingerprint density at radius 2 is 1.83 bits per heavy atom. The lowest BCUT2D eigenvalue weighted by molar-refractivity contribution is -0.138. The third-order valence-corrected chi connectivity index (χ3v) is 6.44. The molecule has 0 bridgehead atoms. The number of hydrogen-bond donors (Lipinski definition) is 5. The van der Waals surface area contributed by atoms with Crippen LogP contribution < -0.4 is 21.1 Å². The van der Waals surface area contributed by atoms with Gasteiger partial charge in [0.05, 0.1) is 17.1 Å². The van der Waals surface area contributed by atoms with E-state index in [1.807, 2.05) is 30.0 Å². The van der Waals surface area contributed by atoms with Crippen molar-refractivity contribution in [3.8, 4) is 5.75 Å². The van der Waals surface area contributed by atoms with Crippen molar-refractivity contribution in [3.05, 3.63) is 58.1 Å². The predicted molar refractivity (Wildman–Crippen MR) is 139 cm³/mol. The Hall–Kier alpha value is -3.44. The Morgan fingerprint density at radius 3 is 2.42 bits per heavy atom. The molecule has 0 aromatic heterocycles. The Labute approximate surface area is 217 Å². The summed E-state index contributed by atoms with van der Waals surface area (Å²) in [5.41, 5.74) is 7.32. The van der Waals surface area contributed by atoms with Crippen molar-refractivity contribution in [2.24, 2.45) is 5.73 Å². The molecule has 1 aliphatic rings. The number of carbonyl (C=O) groups excluding carboxylic acids is 2.